The molecular weight excluding hydrogens is 386 g/mol. The predicted octanol–water partition coefficient (Wildman–Crippen LogP) is 8.15. The summed E-state index contributed by atoms with van der Waals surface area (Å²) >= 11 is 0. The van der Waals surface area contributed by atoms with Crippen LogP contribution in [0, 0.1) is 0 Å². The van der Waals surface area contributed by atoms with E-state index in [-0.39, 0.29) is 12.1 Å². The van der Waals surface area contributed by atoms with Crippen LogP contribution in [-0.2, 0) is 6.42 Å². The predicted molar refractivity (Wildman–Crippen MR) is 143 cm³/mol. The molecular formula is C31H37N. The third kappa shape index (κ3) is 6.85. The van der Waals surface area contributed by atoms with E-state index in [1.54, 1.807) is 6.08 Å². The minimum Gasteiger partial charge on any atom is -0.357 e. The summed E-state index contributed by atoms with van der Waals surface area (Å²) in [4.78, 5) is 2.52. The molecule has 0 fully saturated rings. The average molecular weight is 424 g/mol. The monoisotopic (exact) mass is 423 g/mol. The van der Waals surface area contributed by atoms with Gasteiger partial charge in [-0.3, -0.25) is 0 Å². The highest BCUT2D eigenvalue weighted by atomic mass is 15.2. The maximum Gasteiger partial charge on any atom is 0.0583 e. The van der Waals surface area contributed by atoms with Crippen LogP contribution in [-0.4, -0.2) is 17.0 Å². The van der Waals surface area contributed by atoms with Gasteiger partial charge in [0, 0.05) is 5.70 Å². The number of allylic oxidation sites excluding steroid dienone is 10. The van der Waals surface area contributed by atoms with Crippen molar-refractivity contribution in [1.82, 2.24) is 4.90 Å². The van der Waals surface area contributed by atoms with Crippen LogP contribution in [0.15, 0.2) is 128 Å². The molecule has 0 N–H and O–H groups in total. The molecule has 1 aliphatic carbocycles. The zero-order chi connectivity index (χ0) is 23.3. The van der Waals surface area contributed by atoms with Crippen LogP contribution in [0.4, 0.5) is 0 Å². The minimum atomic E-state index is 0.190. The van der Waals surface area contributed by atoms with Gasteiger partial charge < -0.3 is 4.90 Å². The number of hydrogen-bond acceptors (Lipinski definition) is 1. The summed E-state index contributed by atoms with van der Waals surface area (Å²) in [7, 11) is 0. The Balaban J connectivity index is 2.55. The number of benzene rings is 1. The van der Waals surface area contributed by atoms with Gasteiger partial charge in [-0.1, -0.05) is 110 Å². The van der Waals surface area contributed by atoms with Gasteiger partial charge in [-0.2, -0.15) is 0 Å². The fraction of sp³-hybridized carbons (Fsp3) is 0.226. The molecule has 0 saturated heterocycles. The highest BCUT2D eigenvalue weighted by Gasteiger charge is 2.28. The van der Waals surface area contributed by atoms with Crippen LogP contribution in [0.2, 0.25) is 0 Å². The van der Waals surface area contributed by atoms with E-state index in [2.05, 4.69) is 117 Å². The molecule has 2 atom stereocenters. The van der Waals surface area contributed by atoms with E-state index in [0.717, 1.165) is 18.4 Å². The molecule has 0 aromatic heterocycles. The second-order valence-electron chi connectivity index (χ2n) is 7.94. The first-order chi connectivity index (χ1) is 15.5. The Bertz CT molecular complexity index is 960. The van der Waals surface area contributed by atoms with Crippen LogP contribution < -0.4 is 0 Å². The molecule has 0 aliphatic heterocycles. The number of hydrogen-bond donors (Lipinski definition) is 0. The molecule has 32 heavy (non-hydrogen) atoms. The van der Waals surface area contributed by atoms with E-state index >= 15 is 0 Å². The van der Waals surface area contributed by atoms with Gasteiger partial charge in [0.15, 0.2) is 0 Å². The van der Waals surface area contributed by atoms with E-state index in [1.165, 1.54) is 22.4 Å². The van der Waals surface area contributed by atoms with Crippen LogP contribution >= 0.6 is 0 Å². The highest BCUT2D eigenvalue weighted by Crippen LogP contribution is 2.29. The maximum absolute atomic E-state index is 4.09. The van der Waals surface area contributed by atoms with Crippen LogP contribution in [0.25, 0.3) is 5.57 Å². The van der Waals surface area contributed by atoms with Gasteiger partial charge in [0.25, 0.3) is 0 Å². The third-order valence-corrected chi connectivity index (χ3v) is 5.55. The zero-order valence-corrected chi connectivity index (χ0v) is 19.9. The topological polar surface area (TPSA) is 3.24 Å². The molecule has 2 rings (SSSR count). The minimum absolute atomic E-state index is 0.190. The fourth-order valence-corrected chi connectivity index (χ4v) is 3.99. The summed E-state index contributed by atoms with van der Waals surface area (Å²) in [5.74, 6) is 0. The fourth-order valence-electron chi connectivity index (χ4n) is 3.99. The average Bonchev–Trinajstić information content (AvgIpc) is 2.80. The van der Waals surface area contributed by atoms with Gasteiger partial charge in [0.2, 0.25) is 0 Å². The van der Waals surface area contributed by atoms with Crippen LogP contribution in [0.1, 0.15) is 38.3 Å². The van der Waals surface area contributed by atoms with Gasteiger partial charge in [-0.05, 0) is 62.5 Å². The molecule has 1 nitrogen and oxygen atoms in total. The normalized spacial score (nSPS) is 17.7. The second kappa shape index (κ2) is 13.2. The van der Waals surface area contributed by atoms with Gasteiger partial charge >= 0.3 is 0 Å². The molecule has 0 bridgehead atoms. The van der Waals surface area contributed by atoms with Gasteiger partial charge in [0.1, 0.15) is 0 Å². The summed E-state index contributed by atoms with van der Waals surface area (Å²) in [6.07, 6.45) is 27.1. The van der Waals surface area contributed by atoms with Crippen molar-refractivity contribution < 1.29 is 0 Å². The Kier molecular flexibility index (Phi) is 10.3. The molecule has 1 aromatic rings. The molecule has 0 saturated carbocycles. The van der Waals surface area contributed by atoms with Crippen molar-refractivity contribution in [2.24, 2.45) is 0 Å². The lowest BCUT2D eigenvalue weighted by molar-refractivity contribution is 0.245. The van der Waals surface area contributed by atoms with Crippen molar-refractivity contribution in [3.63, 3.8) is 0 Å². The molecule has 0 spiro atoms. The molecule has 166 valence electrons. The third-order valence-electron chi connectivity index (χ3n) is 5.55. The zero-order valence-electron chi connectivity index (χ0n) is 19.9. The summed E-state index contributed by atoms with van der Waals surface area (Å²) in [5.41, 5.74) is 5.99. The lowest BCUT2D eigenvalue weighted by Gasteiger charge is -2.41. The van der Waals surface area contributed by atoms with Crippen molar-refractivity contribution >= 4 is 5.57 Å². The van der Waals surface area contributed by atoms with E-state index in [9.17, 15) is 0 Å². The second-order valence-corrected chi connectivity index (χ2v) is 7.94. The first-order valence-electron chi connectivity index (χ1n) is 11.3. The van der Waals surface area contributed by atoms with Crippen molar-refractivity contribution in [2.75, 3.05) is 0 Å². The Morgan fingerprint density at radius 2 is 1.88 bits per heavy atom. The maximum atomic E-state index is 4.09. The lowest BCUT2D eigenvalue weighted by Crippen LogP contribution is -2.43. The largest absolute Gasteiger partial charge is 0.357 e. The molecule has 1 heteroatoms. The smallest absolute Gasteiger partial charge is 0.0583 e. The van der Waals surface area contributed by atoms with E-state index in [0.29, 0.717) is 0 Å². The van der Waals surface area contributed by atoms with Crippen molar-refractivity contribution in [1.29, 1.82) is 0 Å². The Morgan fingerprint density at radius 3 is 2.47 bits per heavy atom. The highest BCUT2D eigenvalue weighted by molar-refractivity contribution is 5.61. The lowest BCUT2D eigenvalue weighted by atomic mass is 9.92. The first-order valence-corrected chi connectivity index (χ1v) is 11.3. The number of rotatable bonds is 11. The van der Waals surface area contributed by atoms with Crippen molar-refractivity contribution in [3.8, 4) is 0 Å². The molecule has 0 amide bonds. The molecule has 1 aliphatic rings. The quantitative estimate of drug-likeness (QED) is 0.256. The van der Waals surface area contributed by atoms with Crippen LogP contribution in [0.3, 0.4) is 0 Å². The SMILES string of the molecule is C=C/C=C/C=C(\C=C/C)N(C(/C=C\C)Cc1ccc(C(=C)C)cc1)C1CC=CC=C1C=C. The summed E-state index contributed by atoms with van der Waals surface area (Å²) in [5, 5.41) is 0. The van der Waals surface area contributed by atoms with Crippen molar-refractivity contribution in [2.45, 2.75) is 45.7 Å². The molecule has 0 heterocycles. The Labute approximate surface area is 195 Å². The summed E-state index contributed by atoms with van der Waals surface area (Å²) in [6.45, 7) is 18.2. The van der Waals surface area contributed by atoms with Gasteiger partial charge in [-0.25, -0.2) is 0 Å². The van der Waals surface area contributed by atoms with E-state index in [1.807, 2.05) is 19.1 Å². The van der Waals surface area contributed by atoms with Crippen molar-refractivity contribution in [3.05, 3.63) is 139 Å². The standard InChI is InChI=1S/C31H37N/c1-7-11-12-18-29(15-8-2)32(31-19-14-13-17-27(31)10-4)30(16-9-3)24-26-20-22-28(23-21-26)25(5)6/h7-18,20-23,30-31H,1,4-5,19,24H2,2-3,6H3/b12-11+,15-8-,16-9-,29-18+. The Hall–Kier alpha value is -3.32. The van der Waals surface area contributed by atoms with Gasteiger partial charge in [0.05, 0.1) is 12.1 Å². The first kappa shape index (κ1) is 24.9. The summed E-state index contributed by atoms with van der Waals surface area (Å²) in [6, 6.07) is 9.19. The molecule has 1 aromatic carbocycles. The van der Waals surface area contributed by atoms with E-state index < -0.39 is 0 Å². The summed E-state index contributed by atoms with van der Waals surface area (Å²) < 4.78 is 0. The van der Waals surface area contributed by atoms with Gasteiger partial charge in [-0.15, -0.1) is 0 Å². The molecule has 0 radical (unpaired) electrons. The Morgan fingerprint density at radius 1 is 1.12 bits per heavy atom. The van der Waals surface area contributed by atoms with E-state index in [4.69, 9.17) is 0 Å². The molecule has 2 unspecified atom stereocenters. The van der Waals surface area contributed by atoms with Crippen LogP contribution in [0.5, 0.6) is 0 Å². The number of nitrogens with zero attached hydrogens (tertiary/aromatic N) is 1.